The molecule has 0 atom stereocenters. The minimum Gasteiger partial charge on any atom is -0.255 e. The van der Waals surface area contributed by atoms with Gasteiger partial charge in [-0.1, -0.05) is 126 Å². The average molecular weight is 578 g/mol. The second-order valence-electron chi connectivity index (χ2n) is 10.7. The van der Waals surface area contributed by atoms with Crippen molar-refractivity contribution in [2.75, 3.05) is 7.18 Å². The summed E-state index contributed by atoms with van der Waals surface area (Å²) >= 11 is 0. The fraction of sp³-hybridized carbons (Fsp3) is 0.125. The van der Waals surface area contributed by atoms with Crippen LogP contribution >= 0.6 is 0 Å². The topological polar surface area (TPSA) is 38.7 Å². The Labute approximate surface area is 259 Å². The van der Waals surface area contributed by atoms with E-state index in [1.807, 2.05) is 60.7 Å². The molecule has 0 amide bonds. The number of nitrogens with zero attached hydrogens (tertiary/aromatic N) is 3. The van der Waals surface area contributed by atoms with Gasteiger partial charge >= 0.3 is 0 Å². The molecule has 1 aromatic heterocycles. The van der Waals surface area contributed by atoms with Gasteiger partial charge in [0, 0.05) is 16.7 Å². The second-order valence-corrected chi connectivity index (χ2v) is 10.7. The van der Waals surface area contributed by atoms with E-state index >= 15 is 0 Å². The van der Waals surface area contributed by atoms with Crippen molar-refractivity contribution in [3.8, 4) is 45.3 Å². The Morgan fingerprint density at radius 1 is 0.477 bits per heavy atom. The van der Waals surface area contributed by atoms with Crippen LogP contribution in [0.3, 0.4) is 0 Å². The highest BCUT2D eigenvalue weighted by Crippen LogP contribution is 2.45. The van der Waals surface area contributed by atoms with E-state index in [1.54, 1.807) is 0 Å². The molecule has 1 aliphatic carbocycles. The van der Waals surface area contributed by atoms with E-state index in [-0.39, 0.29) is 0 Å². The van der Waals surface area contributed by atoms with Crippen molar-refractivity contribution in [3.05, 3.63) is 155 Å². The first-order chi connectivity index (χ1) is 21.5. The fourth-order valence-electron chi connectivity index (χ4n) is 5.68. The van der Waals surface area contributed by atoms with Crippen molar-refractivity contribution in [1.82, 2.24) is 15.0 Å². The van der Waals surface area contributed by atoms with Crippen molar-refractivity contribution in [3.63, 3.8) is 0 Å². The Kier molecular flexibility index (Phi) is 9.51. The maximum Gasteiger partial charge on any atom is 0.164 e. The van der Waals surface area contributed by atoms with Gasteiger partial charge < -0.3 is 0 Å². The van der Waals surface area contributed by atoms with E-state index in [0.29, 0.717) is 24.7 Å². The molecule has 4 heteroatoms. The van der Waals surface area contributed by atoms with Gasteiger partial charge in [-0.15, -0.1) is 0 Å². The molecule has 0 saturated heterocycles. The van der Waals surface area contributed by atoms with E-state index in [9.17, 15) is 4.39 Å². The number of fused-ring (bicyclic) bond motifs is 3. The lowest BCUT2D eigenvalue weighted by Gasteiger charge is -2.09. The molecule has 0 aliphatic heterocycles. The number of aryl methyl sites for hydroxylation is 3. The van der Waals surface area contributed by atoms with Crippen molar-refractivity contribution >= 4 is 5.57 Å². The third-order valence-corrected chi connectivity index (χ3v) is 7.52. The van der Waals surface area contributed by atoms with Crippen LogP contribution < -0.4 is 0 Å². The summed E-state index contributed by atoms with van der Waals surface area (Å²) in [6.45, 7) is 8.49. The normalized spacial score (nSPS) is 11.9. The SMILES string of the molecule is C/C=C1/c2ccccc2-c2cccc(C)c21.CF.Cc1cc(C)cc(-c2nc(-c3ccccc3)nc(-c3ccccc3)n2)c1. The molecule has 0 saturated carbocycles. The minimum atomic E-state index is 0.500. The molecule has 44 heavy (non-hydrogen) atoms. The maximum atomic E-state index is 9.50. The number of aromatic nitrogens is 3. The highest BCUT2D eigenvalue weighted by atomic mass is 19.1. The molecule has 6 aromatic rings. The predicted molar refractivity (Wildman–Crippen MR) is 182 cm³/mol. The van der Waals surface area contributed by atoms with Gasteiger partial charge in [-0.3, -0.25) is 4.39 Å². The summed E-state index contributed by atoms with van der Waals surface area (Å²) in [6.07, 6.45) is 2.22. The number of halogens is 1. The van der Waals surface area contributed by atoms with Crippen LogP contribution in [0, 0.1) is 20.8 Å². The first-order valence-corrected chi connectivity index (χ1v) is 14.7. The van der Waals surface area contributed by atoms with Crippen LogP contribution in [-0.2, 0) is 0 Å². The molecule has 0 N–H and O–H groups in total. The van der Waals surface area contributed by atoms with Gasteiger partial charge in [0.2, 0.25) is 0 Å². The van der Waals surface area contributed by atoms with Gasteiger partial charge in [0.15, 0.2) is 17.5 Å². The van der Waals surface area contributed by atoms with Crippen LogP contribution in [-0.4, -0.2) is 22.1 Å². The van der Waals surface area contributed by atoms with Crippen LogP contribution in [0.15, 0.2) is 127 Å². The van der Waals surface area contributed by atoms with Gasteiger partial charge in [0.05, 0.1) is 7.18 Å². The maximum absolute atomic E-state index is 9.50. The van der Waals surface area contributed by atoms with Crippen LogP contribution in [0.4, 0.5) is 4.39 Å². The van der Waals surface area contributed by atoms with Crippen LogP contribution in [0.5, 0.6) is 0 Å². The molecule has 1 heterocycles. The number of benzene rings is 5. The van der Waals surface area contributed by atoms with E-state index in [4.69, 9.17) is 15.0 Å². The van der Waals surface area contributed by atoms with Crippen molar-refractivity contribution < 1.29 is 4.39 Å². The molecule has 0 spiro atoms. The smallest absolute Gasteiger partial charge is 0.164 e. The summed E-state index contributed by atoms with van der Waals surface area (Å²) in [5.74, 6) is 2.08. The Balaban J connectivity index is 0.000000182. The lowest BCUT2D eigenvalue weighted by Crippen LogP contribution is -2.00. The Morgan fingerprint density at radius 3 is 1.45 bits per heavy atom. The highest BCUT2D eigenvalue weighted by Gasteiger charge is 2.23. The highest BCUT2D eigenvalue weighted by molar-refractivity contribution is 6.02. The van der Waals surface area contributed by atoms with Crippen molar-refractivity contribution in [2.45, 2.75) is 27.7 Å². The monoisotopic (exact) mass is 577 g/mol. The number of hydrogen-bond donors (Lipinski definition) is 0. The minimum absolute atomic E-state index is 0.500. The number of alkyl halides is 1. The first kappa shape index (κ1) is 30.2. The molecular weight excluding hydrogens is 541 g/mol. The molecule has 5 aromatic carbocycles. The third kappa shape index (κ3) is 6.40. The molecule has 0 radical (unpaired) electrons. The number of allylic oxidation sites excluding steroid dienone is 1. The fourth-order valence-corrected chi connectivity index (χ4v) is 5.68. The summed E-state index contributed by atoms with van der Waals surface area (Å²) < 4.78 is 9.50. The third-order valence-electron chi connectivity index (χ3n) is 7.52. The molecule has 1 aliphatic rings. The zero-order valence-corrected chi connectivity index (χ0v) is 25.8. The summed E-state index contributed by atoms with van der Waals surface area (Å²) in [5, 5.41) is 0. The molecule has 3 nitrogen and oxygen atoms in total. The molecule has 0 unspecified atom stereocenters. The van der Waals surface area contributed by atoms with Gasteiger partial charge in [-0.2, -0.15) is 0 Å². The lowest BCUT2D eigenvalue weighted by molar-refractivity contribution is 0.636. The largest absolute Gasteiger partial charge is 0.255 e. The molecule has 7 rings (SSSR count). The summed E-state index contributed by atoms with van der Waals surface area (Å²) in [5.41, 5.74) is 13.6. The van der Waals surface area contributed by atoms with Crippen LogP contribution in [0.2, 0.25) is 0 Å². The van der Waals surface area contributed by atoms with Gasteiger partial charge in [0.25, 0.3) is 0 Å². The van der Waals surface area contributed by atoms with E-state index in [0.717, 1.165) is 16.7 Å². The zero-order valence-electron chi connectivity index (χ0n) is 25.8. The molecule has 0 fully saturated rings. The van der Waals surface area contributed by atoms with E-state index in [1.165, 1.54) is 44.5 Å². The summed E-state index contributed by atoms with van der Waals surface area (Å²) in [6, 6.07) is 41.7. The molecule has 0 bridgehead atoms. The quantitative estimate of drug-likeness (QED) is 0.210. The molecular formula is C40H36FN3. The van der Waals surface area contributed by atoms with Crippen molar-refractivity contribution in [2.24, 2.45) is 0 Å². The zero-order chi connectivity index (χ0) is 31.1. The second kappa shape index (κ2) is 13.8. The standard InChI is InChI=1S/C23H19N3.C16H14.CH3F/c1-16-13-17(2)15-20(14-16)23-25-21(18-9-5-3-6-10-18)24-22(26-23)19-11-7-4-8-12-19;1-3-12-13-8-4-5-9-14(13)15-10-6-7-11(2)16(12)15;1-2/h3-15H,1-2H3;3-10H,1-2H3;1H3/b;12-3-;. The number of rotatable bonds is 3. The summed E-state index contributed by atoms with van der Waals surface area (Å²) in [7, 11) is 0.500. The van der Waals surface area contributed by atoms with Gasteiger partial charge in [0.1, 0.15) is 0 Å². The summed E-state index contributed by atoms with van der Waals surface area (Å²) in [4.78, 5) is 14.2. The Bertz CT molecular complexity index is 1830. The van der Waals surface area contributed by atoms with Crippen LogP contribution in [0.1, 0.15) is 34.7 Å². The van der Waals surface area contributed by atoms with E-state index < -0.39 is 0 Å². The number of hydrogen-bond acceptors (Lipinski definition) is 3. The Hall–Kier alpha value is -5.22. The van der Waals surface area contributed by atoms with Gasteiger partial charge in [-0.05, 0) is 73.2 Å². The molecule has 218 valence electrons. The first-order valence-electron chi connectivity index (χ1n) is 14.7. The van der Waals surface area contributed by atoms with E-state index in [2.05, 4.69) is 94.4 Å². The average Bonchev–Trinajstić information content (AvgIpc) is 3.41. The lowest BCUT2D eigenvalue weighted by atomic mass is 9.99. The predicted octanol–water partition coefficient (Wildman–Crippen LogP) is 10.5. The van der Waals surface area contributed by atoms with Gasteiger partial charge in [-0.25, -0.2) is 15.0 Å². The van der Waals surface area contributed by atoms with Crippen molar-refractivity contribution in [1.29, 1.82) is 0 Å². The Morgan fingerprint density at radius 2 is 0.932 bits per heavy atom. The van der Waals surface area contributed by atoms with Crippen LogP contribution in [0.25, 0.3) is 50.9 Å².